The van der Waals surface area contributed by atoms with Crippen LogP contribution < -0.4 is 5.73 Å². The summed E-state index contributed by atoms with van der Waals surface area (Å²) in [5.74, 6) is -3.65. The topological polar surface area (TPSA) is 118 Å². The molecule has 0 aromatic rings. The lowest BCUT2D eigenvalue weighted by Crippen LogP contribution is -2.56. The molecule has 0 aliphatic heterocycles. The lowest BCUT2D eigenvalue weighted by molar-refractivity contribution is -0.154. The van der Waals surface area contributed by atoms with E-state index in [1.54, 1.807) is 0 Å². The Morgan fingerprint density at radius 1 is 0.792 bits per heavy atom. The van der Waals surface area contributed by atoms with Crippen molar-refractivity contribution >= 4 is 17.7 Å². The zero-order valence-corrected chi connectivity index (χ0v) is 14.9. The zero-order chi connectivity index (χ0) is 18.4. The maximum atomic E-state index is 11.9. The third-order valence-electron chi connectivity index (χ3n) is 4.32. The molecule has 24 heavy (non-hydrogen) atoms. The Kier molecular flexibility index (Phi) is 12.2. The van der Waals surface area contributed by atoms with Crippen molar-refractivity contribution < 1.29 is 24.6 Å². The first-order chi connectivity index (χ1) is 11.3. The summed E-state index contributed by atoms with van der Waals surface area (Å²) in [7, 11) is 0. The summed E-state index contributed by atoms with van der Waals surface area (Å²) in [4.78, 5) is 33.7. The van der Waals surface area contributed by atoms with Gasteiger partial charge >= 0.3 is 11.9 Å². The van der Waals surface area contributed by atoms with Crippen molar-refractivity contribution in [3.05, 3.63) is 0 Å². The molecule has 0 amide bonds. The highest BCUT2D eigenvalue weighted by atomic mass is 16.4. The number of unbranched alkanes of at least 4 members (excludes halogenated alkanes) is 10. The molecule has 6 nitrogen and oxygen atoms in total. The molecule has 0 fully saturated rings. The fourth-order valence-electron chi connectivity index (χ4n) is 2.70. The molecule has 0 spiro atoms. The summed E-state index contributed by atoms with van der Waals surface area (Å²) < 4.78 is 0. The van der Waals surface area contributed by atoms with Crippen molar-refractivity contribution in [2.75, 3.05) is 0 Å². The number of nitrogens with two attached hydrogens (primary N) is 1. The molecule has 0 aromatic heterocycles. The van der Waals surface area contributed by atoms with Crippen LogP contribution in [0, 0.1) is 0 Å². The molecule has 0 bridgehead atoms. The van der Waals surface area contributed by atoms with Gasteiger partial charge in [0.1, 0.15) is 0 Å². The molecular weight excluding hydrogens is 310 g/mol. The Morgan fingerprint density at radius 3 is 1.58 bits per heavy atom. The van der Waals surface area contributed by atoms with Crippen LogP contribution in [0.2, 0.25) is 0 Å². The highest BCUT2D eigenvalue weighted by Gasteiger charge is 2.43. The van der Waals surface area contributed by atoms with Crippen molar-refractivity contribution in [1.82, 2.24) is 0 Å². The normalized spacial score (nSPS) is 13.4. The number of Topliss-reactive ketones (excluding diaryl/α,β-unsaturated/α-hetero) is 1. The van der Waals surface area contributed by atoms with Crippen molar-refractivity contribution in [2.24, 2.45) is 5.73 Å². The first-order valence-corrected chi connectivity index (χ1v) is 9.12. The van der Waals surface area contributed by atoms with E-state index < -0.39 is 29.7 Å². The lowest BCUT2D eigenvalue weighted by atomic mass is 9.88. The number of carboxylic acid groups (broad SMARTS) is 2. The van der Waals surface area contributed by atoms with E-state index in [2.05, 4.69) is 6.92 Å². The van der Waals surface area contributed by atoms with E-state index >= 15 is 0 Å². The van der Waals surface area contributed by atoms with Crippen LogP contribution in [0.1, 0.15) is 90.4 Å². The minimum absolute atomic E-state index is 0.0209. The highest BCUT2D eigenvalue weighted by molar-refractivity contribution is 6.09. The van der Waals surface area contributed by atoms with E-state index in [4.69, 9.17) is 15.9 Å². The number of rotatable bonds is 16. The van der Waals surface area contributed by atoms with E-state index in [1.165, 1.54) is 44.9 Å². The molecule has 0 saturated carbocycles. The van der Waals surface area contributed by atoms with Crippen molar-refractivity contribution in [3.8, 4) is 0 Å². The summed E-state index contributed by atoms with van der Waals surface area (Å²) in [6.07, 6.45) is 11.6. The van der Waals surface area contributed by atoms with Gasteiger partial charge in [0.05, 0.1) is 6.42 Å². The Balaban J connectivity index is 3.77. The molecule has 1 atom stereocenters. The van der Waals surface area contributed by atoms with Crippen LogP contribution in [-0.2, 0) is 14.4 Å². The molecule has 0 rings (SSSR count). The first kappa shape index (κ1) is 22.6. The van der Waals surface area contributed by atoms with Gasteiger partial charge in [-0.1, -0.05) is 71.1 Å². The van der Waals surface area contributed by atoms with Crippen molar-refractivity contribution in [1.29, 1.82) is 0 Å². The molecule has 0 aromatic carbocycles. The molecule has 6 heteroatoms. The van der Waals surface area contributed by atoms with Crippen LogP contribution in [0.5, 0.6) is 0 Å². The molecule has 0 aliphatic rings. The largest absolute Gasteiger partial charge is 0.481 e. The van der Waals surface area contributed by atoms with Crippen LogP contribution in [-0.4, -0.2) is 33.5 Å². The minimum atomic E-state index is -2.30. The van der Waals surface area contributed by atoms with Crippen LogP contribution >= 0.6 is 0 Å². The van der Waals surface area contributed by atoms with Crippen LogP contribution in [0.25, 0.3) is 0 Å². The van der Waals surface area contributed by atoms with Crippen LogP contribution in [0.15, 0.2) is 0 Å². The third kappa shape index (κ3) is 9.65. The standard InChI is InChI=1S/C18H33NO5/c1-2-3-4-5-6-7-8-9-10-11-12-13-15(20)18(19,17(23)24)14-16(21)22/h2-14,19H2,1H3,(H,21,22)(H,23,24). The Bertz CT molecular complexity index is 397. The Hall–Kier alpha value is -1.43. The second-order valence-corrected chi connectivity index (χ2v) is 6.56. The summed E-state index contributed by atoms with van der Waals surface area (Å²) >= 11 is 0. The van der Waals surface area contributed by atoms with E-state index in [-0.39, 0.29) is 6.42 Å². The Morgan fingerprint density at radius 2 is 1.21 bits per heavy atom. The van der Waals surface area contributed by atoms with Crippen LogP contribution in [0.3, 0.4) is 0 Å². The van der Waals surface area contributed by atoms with Crippen LogP contribution in [0.4, 0.5) is 0 Å². The molecule has 1 unspecified atom stereocenters. The predicted molar refractivity (Wildman–Crippen MR) is 92.9 cm³/mol. The maximum Gasteiger partial charge on any atom is 0.332 e. The maximum absolute atomic E-state index is 11.9. The van der Waals surface area contributed by atoms with Crippen molar-refractivity contribution in [3.63, 3.8) is 0 Å². The van der Waals surface area contributed by atoms with Gasteiger partial charge in [-0.25, -0.2) is 4.79 Å². The van der Waals surface area contributed by atoms with Gasteiger partial charge in [-0.05, 0) is 6.42 Å². The molecule has 0 heterocycles. The quantitative estimate of drug-likeness (QED) is 0.291. The number of carbonyl (C=O) groups excluding carboxylic acids is 1. The van der Waals surface area contributed by atoms with Gasteiger partial charge in [-0.2, -0.15) is 0 Å². The second-order valence-electron chi connectivity index (χ2n) is 6.56. The minimum Gasteiger partial charge on any atom is -0.481 e. The molecule has 0 aliphatic carbocycles. The van der Waals surface area contributed by atoms with Gasteiger partial charge in [0.2, 0.25) is 0 Å². The van der Waals surface area contributed by atoms with E-state index in [1.807, 2.05) is 0 Å². The van der Waals surface area contributed by atoms with Gasteiger partial charge in [0.15, 0.2) is 11.3 Å². The molecule has 0 saturated heterocycles. The number of carboxylic acids is 2. The van der Waals surface area contributed by atoms with E-state index in [0.717, 1.165) is 19.3 Å². The SMILES string of the molecule is CCCCCCCCCCCCCC(=O)C(N)(CC(=O)O)C(=O)O. The fraction of sp³-hybridized carbons (Fsp3) is 0.833. The average Bonchev–Trinajstić information content (AvgIpc) is 2.51. The monoisotopic (exact) mass is 343 g/mol. The van der Waals surface area contributed by atoms with E-state index in [0.29, 0.717) is 6.42 Å². The number of hydrogen-bond acceptors (Lipinski definition) is 4. The zero-order valence-electron chi connectivity index (χ0n) is 14.9. The van der Waals surface area contributed by atoms with Crippen molar-refractivity contribution in [2.45, 2.75) is 95.9 Å². The lowest BCUT2D eigenvalue weighted by Gasteiger charge is -2.21. The van der Waals surface area contributed by atoms with Gasteiger partial charge in [-0.3, -0.25) is 9.59 Å². The molecule has 4 N–H and O–H groups in total. The number of aliphatic carboxylic acids is 2. The highest BCUT2D eigenvalue weighted by Crippen LogP contribution is 2.16. The number of ketones is 1. The summed E-state index contributed by atoms with van der Waals surface area (Å²) in [6.45, 7) is 2.21. The summed E-state index contributed by atoms with van der Waals surface area (Å²) in [5, 5.41) is 17.7. The average molecular weight is 343 g/mol. The first-order valence-electron chi connectivity index (χ1n) is 9.12. The number of hydrogen-bond donors (Lipinski definition) is 3. The molecular formula is C18H33NO5. The molecule has 140 valence electrons. The summed E-state index contributed by atoms with van der Waals surface area (Å²) in [6, 6.07) is 0. The summed E-state index contributed by atoms with van der Waals surface area (Å²) in [5.41, 5.74) is 3.18. The number of carbonyl (C=O) groups is 3. The van der Waals surface area contributed by atoms with Gasteiger partial charge in [0.25, 0.3) is 0 Å². The van der Waals surface area contributed by atoms with Gasteiger partial charge < -0.3 is 15.9 Å². The fourth-order valence-corrected chi connectivity index (χ4v) is 2.70. The smallest absolute Gasteiger partial charge is 0.332 e. The second kappa shape index (κ2) is 12.9. The third-order valence-corrected chi connectivity index (χ3v) is 4.32. The van der Waals surface area contributed by atoms with Gasteiger partial charge in [0, 0.05) is 6.42 Å². The Labute approximate surface area is 144 Å². The molecule has 0 radical (unpaired) electrons. The predicted octanol–water partition coefficient (Wildman–Crippen LogP) is 3.51. The van der Waals surface area contributed by atoms with E-state index in [9.17, 15) is 14.4 Å². The van der Waals surface area contributed by atoms with Gasteiger partial charge in [-0.15, -0.1) is 0 Å².